The molecule has 0 aromatic heterocycles. The molecule has 0 radical (unpaired) electrons. The number of amides is 2. The highest BCUT2D eigenvalue weighted by Crippen LogP contribution is 2.16. The third-order valence-electron chi connectivity index (χ3n) is 3.98. The molecule has 3 N–H and O–H groups in total. The molecule has 0 saturated carbocycles. The zero-order valence-corrected chi connectivity index (χ0v) is 11.5. The molecule has 1 fully saturated rings. The Hall–Kier alpha value is -0.770. The summed E-state index contributed by atoms with van der Waals surface area (Å²) in [7, 11) is 0. The van der Waals surface area contributed by atoms with E-state index in [0.29, 0.717) is 12.5 Å². The third kappa shape index (κ3) is 3.87. The minimum atomic E-state index is -0.302. The number of hydrogen-bond acceptors (Lipinski definition) is 2. The number of likely N-dealkylation sites (tertiary alicyclic amines) is 1. The van der Waals surface area contributed by atoms with Crippen LogP contribution in [0, 0.1) is 5.92 Å². The minimum Gasteiger partial charge on any atom is -0.331 e. The van der Waals surface area contributed by atoms with E-state index >= 15 is 0 Å². The van der Waals surface area contributed by atoms with Crippen molar-refractivity contribution in [2.24, 2.45) is 11.7 Å². The Bertz CT molecular complexity index is 247. The van der Waals surface area contributed by atoms with E-state index in [1.165, 1.54) is 12.8 Å². The van der Waals surface area contributed by atoms with Crippen molar-refractivity contribution in [2.75, 3.05) is 19.6 Å². The Morgan fingerprint density at radius 1 is 1.29 bits per heavy atom. The Balaban J connectivity index is 2.57. The number of nitrogens with one attached hydrogen (secondary N) is 1. The molecule has 1 heterocycles. The predicted molar refractivity (Wildman–Crippen MR) is 70.9 cm³/mol. The van der Waals surface area contributed by atoms with Crippen LogP contribution in [0.1, 0.15) is 46.5 Å². The van der Waals surface area contributed by atoms with Crippen LogP contribution in [0.3, 0.4) is 0 Å². The van der Waals surface area contributed by atoms with Gasteiger partial charge in [0, 0.05) is 19.6 Å². The summed E-state index contributed by atoms with van der Waals surface area (Å²) in [6.45, 7) is 8.44. The van der Waals surface area contributed by atoms with E-state index < -0.39 is 0 Å². The molecule has 1 atom stereocenters. The fourth-order valence-corrected chi connectivity index (χ4v) is 2.03. The van der Waals surface area contributed by atoms with Crippen molar-refractivity contribution in [3.8, 4) is 0 Å². The van der Waals surface area contributed by atoms with Crippen LogP contribution in [0.25, 0.3) is 0 Å². The Kier molecular flexibility index (Phi) is 5.25. The first kappa shape index (κ1) is 14.3. The average molecular weight is 241 g/mol. The van der Waals surface area contributed by atoms with Gasteiger partial charge in [0.25, 0.3) is 0 Å². The molecule has 0 aromatic carbocycles. The van der Waals surface area contributed by atoms with Crippen LogP contribution in [-0.4, -0.2) is 36.1 Å². The van der Waals surface area contributed by atoms with Gasteiger partial charge in [0.15, 0.2) is 0 Å². The second-order valence-electron chi connectivity index (χ2n) is 5.61. The molecule has 0 aromatic rings. The number of nitrogens with zero attached hydrogens (tertiary/aromatic N) is 1. The van der Waals surface area contributed by atoms with Crippen molar-refractivity contribution in [1.29, 1.82) is 0 Å². The van der Waals surface area contributed by atoms with E-state index in [-0.39, 0.29) is 11.6 Å². The van der Waals surface area contributed by atoms with Crippen LogP contribution in [-0.2, 0) is 0 Å². The number of hydrogen-bond donors (Lipinski definition) is 2. The van der Waals surface area contributed by atoms with Gasteiger partial charge in [-0.1, -0.05) is 26.7 Å². The van der Waals surface area contributed by atoms with Gasteiger partial charge in [0.1, 0.15) is 0 Å². The Labute approximate surface area is 105 Å². The molecular weight excluding hydrogens is 214 g/mol. The van der Waals surface area contributed by atoms with Gasteiger partial charge in [-0.05, 0) is 25.7 Å². The lowest BCUT2D eigenvalue weighted by Gasteiger charge is -2.35. The molecule has 100 valence electrons. The Morgan fingerprint density at radius 3 is 2.24 bits per heavy atom. The lowest BCUT2D eigenvalue weighted by Crippen LogP contribution is -2.58. The minimum absolute atomic E-state index is 0.0496. The molecule has 0 aliphatic carbocycles. The maximum Gasteiger partial charge on any atom is 0.317 e. The van der Waals surface area contributed by atoms with Crippen LogP contribution in [0.15, 0.2) is 0 Å². The molecule has 1 saturated heterocycles. The highest BCUT2D eigenvalue weighted by molar-refractivity contribution is 5.75. The van der Waals surface area contributed by atoms with Crippen molar-refractivity contribution in [3.63, 3.8) is 0 Å². The van der Waals surface area contributed by atoms with E-state index in [0.717, 1.165) is 25.9 Å². The van der Waals surface area contributed by atoms with Crippen LogP contribution in [0.5, 0.6) is 0 Å². The topological polar surface area (TPSA) is 58.4 Å². The van der Waals surface area contributed by atoms with Gasteiger partial charge in [-0.15, -0.1) is 0 Å². The van der Waals surface area contributed by atoms with Gasteiger partial charge in [0.2, 0.25) is 0 Å². The average Bonchev–Trinajstić information content (AvgIpc) is 2.57. The van der Waals surface area contributed by atoms with Crippen LogP contribution in [0.2, 0.25) is 0 Å². The molecular formula is C13H27N3O. The first-order valence-corrected chi connectivity index (χ1v) is 6.77. The van der Waals surface area contributed by atoms with Crippen molar-refractivity contribution in [3.05, 3.63) is 0 Å². The standard InChI is InChI=1S/C13H27N3O/c1-11(2)13(3,10-14)15-12(17)16-8-6-4-5-7-9-16/h11H,4-10,14H2,1-3H3,(H,15,17). The lowest BCUT2D eigenvalue weighted by molar-refractivity contribution is 0.176. The summed E-state index contributed by atoms with van der Waals surface area (Å²) in [4.78, 5) is 14.1. The van der Waals surface area contributed by atoms with Gasteiger partial charge in [-0.3, -0.25) is 0 Å². The second kappa shape index (κ2) is 6.24. The summed E-state index contributed by atoms with van der Waals surface area (Å²) >= 11 is 0. The van der Waals surface area contributed by atoms with Crippen LogP contribution >= 0.6 is 0 Å². The number of urea groups is 1. The first-order chi connectivity index (χ1) is 7.99. The van der Waals surface area contributed by atoms with Gasteiger partial charge in [-0.2, -0.15) is 0 Å². The summed E-state index contributed by atoms with van der Waals surface area (Å²) in [6.07, 6.45) is 4.72. The maximum atomic E-state index is 12.2. The van der Waals surface area contributed by atoms with E-state index in [1.54, 1.807) is 0 Å². The second-order valence-corrected chi connectivity index (χ2v) is 5.61. The largest absolute Gasteiger partial charge is 0.331 e. The lowest BCUT2D eigenvalue weighted by atomic mass is 9.89. The number of carbonyl (C=O) groups is 1. The number of carbonyl (C=O) groups excluding carboxylic acids is 1. The number of nitrogens with two attached hydrogens (primary N) is 1. The van der Waals surface area contributed by atoms with Gasteiger partial charge in [-0.25, -0.2) is 4.79 Å². The third-order valence-corrected chi connectivity index (χ3v) is 3.98. The fraction of sp³-hybridized carbons (Fsp3) is 0.923. The number of rotatable bonds is 3. The van der Waals surface area contributed by atoms with Crippen LogP contribution < -0.4 is 11.1 Å². The summed E-state index contributed by atoms with van der Waals surface area (Å²) < 4.78 is 0. The van der Waals surface area contributed by atoms with E-state index in [4.69, 9.17) is 5.73 Å². The van der Waals surface area contributed by atoms with Gasteiger partial charge >= 0.3 is 6.03 Å². The molecule has 1 aliphatic heterocycles. The normalized spacial score (nSPS) is 20.9. The van der Waals surface area contributed by atoms with Crippen molar-refractivity contribution < 1.29 is 4.79 Å². The van der Waals surface area contributed by atoms with E-state index in [1.807, 2.05) is 11.8 Å². The first-order valence-electron chi connectivity index (χ1n) is 6.77. The Morgan fingerprint density at radius 2 is 1.82 bits per heavy atom. The summed E-state index contributed by atoms with van der Waals surface area (Å²) in [5.74, 6) is 0.337. The molecule has 1 unspecified atom stereocenters. The van der Waals surface area contributed by atoms with Crippen molar-refractivity contribution in [1.82, 2.24) is 10.2 Å². The van der Waals surface area contributed by atoms with Gasteiger partial charge < -0.3 is 16.0 Å². The fourth-order valence-electron chi connectivity index (χ4n) is 2.03. The molecule has 4 nitrogen and oxygen atoms in total. The smallest absolute Gasteiger partial charge is 0.317 e. The van der Waals surface area contributed by atoms with E-state index in [2.05, 4.69) is 19.2 Å². The highest BCUT2D eigenvalue weighted by atomic mass is 16.2. The summed E-state index contributed by atoms with van der Waals surface area (Å²) in [6, 6.07) is 0.0496. The maximum absolute atomic E-state index is 12.2. The molecule has 2 amide bonds. The van der Waals surface area contributed by atoms with Crippen LogP contribution in [0.4, 0.5) is 4.79 Å². The van der Waals surface area contributed by atoms with E-state index in [9.17, 15) is 4.79 Å². The highest BCUT2D eigenvalue weighted by Gasteiger charge is 2.30. The summed E-state index contributed by atoms with van der Waals surface area (Å²) in [5, 5.41) is 3.10. The van der Waals surface area contributed by atoms with Crippen molar-refractivity contribution >= 4 is 6.03 Å². The van der Waals surface area contributed by atoms with Gasteiger partial charge in [0.05, 0.1) is 5.54 Å². The monoisotopic (exact) mass is 241 g/mol. The van der Waals surface area contributed by atoms with Crippen molar-refractivity contribution in [2.45, 2.75) is 52.0 Å². The quantitative estimate of drug-likeness (QED) is 0.793. The SMILES string of the molecule is CC(C)C(C)(CN)NC(=O)N1CCCCCC1. The molecule has 4 heteroatoms. The predicted octanol–water partition coefficient (Wildman–Crippen LogP) is 1.95. The molecule has 0 bridgehead atoms. The zero-order valence-electron chi connectivity index (χ0n) is 11.5. The molecule has 0 spiro atoms. The molecule has 1 rings (SSSR count). The molecule has 17 heavy (non-hydrogen) atoms. The molecule has 1 aliphatic rings. The zero-order chi connectivity index (χ0) is 12.9. The summed E-state index contributed by atoms with van der Waals surface area (Å²) in [5.41, 5.74) is 5.48.